The summed E-state index contributed by atoms with van der Waals surface area (Å²) >= 11 is 0. The third-order valence-corrected chi connectivity index (χ3v) is 9.89. The van der Waals surface area contributed by atoms with E-state index in [1.165, 1.54) is 65.9 Å². The summed E-state index contributed by atoms with van der Waals surface area (Å²) < 4.78 is 2.61. The van der Waals surface area contributed by atoms with Crippen LogP contribution in [-0.2, 0) is 0 Å². The van der Waals surface area contributed by atoms with Gasteiger partial charge in [0.05, 0.1) is 17.2 Å². The predicted octanol–water partition coefficient (Wildman–Crippen LogP) is 8.94. The number of nitrogens with zero attached hydrogens (tertiary/aromatic N) is 2. The zero-order chi connectivity index (χ0) is 29.4. The molecule has 1 aliphatic carbocycles. The Balaban J connectivity index is 1.27. The van der Waals surface area contributed by atoms with E-state index in [2.05, 4.69) is 133 Å². The largest absolute Gasteiger partial charge is 0.192 e. The van der Waals surface area contributed by atoms with E-state index in [1.807, 2.05) is 18.2 Å². The van der Waals surface area contributed by atoms with Gasteiger partial charge in [-0.25, -0.2) is 0 Å². The van der Waals surface area contributed by atoms with Gasteiger partial charge in [0.25, 0.3) is 0 Å². The van der Waals surface area contributed by atoms with Crippen LogP contribution in [0.3, 0.4) is 0 Å². The van der Waals surface area contributed by atoms with Crippen LogP contribution < -0.4 is 5.01 Å². The van der Waals surface area contributed by atoms with Crippen molar-refractivity contribution in [2.75, 3.05) is 0 Å². The third-order valence-electron chi connectivity index (χ3n) is 9.89. The number of benzene rings is 6. The number of para-hydroxylation sites is 2. The smallest absolute Gasteiger partial charge is 0.172 e. The van der Waals surface area contributed by atoms with Gasteiger partial charge in [-0.1, -0.05) is 110 Å². The lowest BCUT2D eigenvalue weighted by Crippen LogP contribution is -3.14. The van der Waals surface area contributed by atoms with E-state index in [4.69, 9.17) is 0 Å². The average molecular weight is 565 g/mol. The average Bonchev–Trinajstić information content (AvgIpc) is 3.58. The highest BCUT2D eigenvalue weighted by Crippen LogP contribution is 2.50. The standard InChI is InChI=1S/C41H29N3/c1-2-30-31-12-3-4-13-32(31)34-22-23-35-33-14-5-7-16-37(33)44(41(35)39(30)34)43-38-17-8-6-15-36(38)40(43)28-20-18-27(19-21-28)29-11-9-10-26(24-29)25-42/h3-24,30,40H,2H2,1H3/p+1. The maximum Gasteiger partial charge on any atom is 0.172 e. The molecule has 3 atom stereocenters. The number of nitriles is 1. The van der Waals surface area contributed by atoms with Gasteiger partial charge in [0, 0.05) is 28.3 Å². The fourth-order valence-corrected chi connectivity index (χ4v) is 7.98. The molecule has 0 saturated heterocycles. The zero-order valence-electron chi connectivity index (χ0n) is 24.5. The number of fused-ring (bicyclic) bond motifs is 8. The van der Waals surface area contributed by atoms with E-state index < -0.39 is 0 Å². The molecule has 1 N–H and O–H groups in total. The third kappa shape index (κ3) is 3.41. The van der Waals surface area contributed by atoms with E-state index in [9.17, 15) is 5.26 Å². The molecule has 3 heteroatoms. The van der Waals surface area contributed by atoms with Gasteiger partial charge in [-0.05, 0) is 64.1 Å². The summed E-state index contributed by atoms with van der Waals surface area (Å²) in [5, 5.41) is 13.4. The Morgan fingerprint density at radius 2 is 1.45 bits per heavy atom. The first-order chi connectivity index (χ1) is 21.8. The second-order valence-electron chi connectivity index (χ2n) is 12.0. The van der Waals surface area contributed by atoms with E-state index in [0.29, 0.717) is 11.5 Å². The highest BCUT2D eigenvalue weighted by Gasteiger charge is 2.46. The fourth-order valence-electron chi connectivity index (χ4n) is 7.98. The topological polar surface area (TPSA) is 33.2 Å². The van der Waals surface area contributed by atoms with Crippen LogP contribution in [-0.4, -0.2) is 4.68 Å². The number of nitrogens with one attached hydrogen (secondary N) is 1. The van der Waals surface area contributed by atoms with Crippen molar-refractivity contribution in [1.29, 1.82) is 5.26 Å². The predicted molar refractivity (Wildman–Crippen MR) is 178 cm³/mol. The van der Waals surface area contributed by atoms with Crippen LogP contribution in [0.2, 0.25) is 0 Å². The second-order valence-corrected chi connectivity index (χ2v) is 12.0. The number of quaternary nitrogens is 1. The number of rotatable bonds is 4. The summed E-state index contributed by atoms with van der Waals surface area (Å²) in [6.45, 7) is 2.32. The highest BCUT2D eigenvalue weighted by atomic mass is 15.6. The minimum absolute atomic E-state index is 0.157. The molecule has 1 aromatic heterocycles. The summed E-state index contributed by atoms with van der Waals surface area (Å²) in [6.07, 6.45) is 1.06. The number of hydrogen-bond donors (Lipinski definition) is 1. The monoisotopic (exact) mass is 564 g/mol. The van der Waals surface area contributed by atoms with E-state index in [-0.39, 0.29) is 6.04 Å². The van der Waals surface area contributed by atoms with Gasteiger partial charge >= 0.3 is 0 Å². The minimum Gasteiger partial charge on any atom is -0.192 e. The van der Waals surface area contributed by atoms with Gasteiger partial charge in [0.15, 0.2) is 11.7 Å². The number of hydrogen-bond acceptors (Lipinski definition) is 1. The van der Waals surface area contributed by atoms with E-state index in [0.717, 1.165) is 17.5 Å². The normalized spacial score (nSPS) is 18.0. The number of aromatic nitrogens is 1. The Labute approximate surface area is 256 Å². The van der Waals surface area contributed by atoms with Crippen LogP contribution in [0, 0.1) is 11.3 Å². The Hall–Kier alpha value is -5.43. The minimum atomic E-state index is 0.157. The molecule has 2 heterocycles. The SMILES string of the molecule is CCC1c2ccccc2-c2ccc3c4ccccc4n([NH+]4c5ccccc5C4c4ccc(-c5cccc(C#N)c5)cc4)c3c21. The molecule has 0 fully saturated rings. The Bertz CT molecular complexity index is 2300. The van der Waals surface area contributed by atoms with Crippen molar-refractivity contribution in [3.05, 3.63) is 161 Å². The van der Waals surface area contributed by atoms with Crippen LogP contribution in [0.15, 0.2) is 133 Å². The quantitative estimate of drug-likeness (QED) is 0.227. The first-order valence-electron chi connectivity index (χ1n) is 15.5. The fraction of sp³-hybridized carbons (Fsp3) is 0.0976. The molecular formula is C41H30N3+. The molecule has 1 aliphatic heterocycles. The Morgan fingerprint density at radius 3 is 2.30 bits per heavy atom. The summed E-state index contributed by atoms with van der Waals surface area (Å²) in [4.78, 5) is 0. The van der Waals surface area contributed by atoms with Gasteiger partial charge < -0.3 is 0 Å². The molecule has 0 radical (unpaired) electrons. The zero-order valence-corrected chi connectivity index (χ0v) is 24.5. The first-order valence-corrected chi connectivity index (χ1v) is 15.5. The highest BCUT2D eigenvalue weighted by molar-refractivity contribution is 6.11. The van der Waals surface area contributed by atoms with Crippen LogP contribution in [0.1, 0.15) is 53.1 Å². The molecule has 44 heavy (non-hydrogen) atoms. The van der Waals surface area contributed by atoms with Crippen molar-refractivity contribution in [2.45, 2.75) is 25.3 Å². The van der Waals surface area contributed by atoms with Crippen LogP contribution in [0.4, 0.5) is 5.69 Å². The second kappa shape index (κ2) is 9.54. The molecule has 2 aliphatic rings. The van der Waals surface area contributed by atoms with Gasteiger partial charge in [0.1, 0.15) is 11.0 Å². The van der Waals surface area contributed by atoms with Crippen LogP contribution in [0.25, 0.3) is 44.1 Å². The molecular weight excluding hydrogens is 534 g/mol. The maximum absolute atomic E-state index is 9.41. The maximum atomic E-state index is 9.41. The Morgan fingerprint density at radius 1 is 0.682 bits per heavy atom. The molecule has 6 aromatic carbocycles. The summed E-state index contributed by atoms with van der Waals surface area (Å²) in [7, 11) is 0. The Kier molecular flexibility index (Phi) is 5.44. The lowest BCUT2D eigenvalue weighted by atomic mass is 9.88. The lowest BCUT2D eigenvalue weighted by Gasteiger charge is -2.39. The van der Waals surface area contributed by atoms with E-state index >= 15 is 0 Å². The lowest BCUT2D eigenvalue weighted by molar-refractivity contribution is -0.922. The van der Waals surface area contributed by atoms with Gasteiger partial charge in [0.2, 0.25) is 0 Å². The van der Waals surface area contributed by atoms with Crippen LogP contribution in [0.5, 0.6) is 0 Å². The molecule has 3 nitrogen and oxygen atoms in total. The van der Waals surface area contributed by atoms with Crippen molar-refractivity contribution in [1.82, 2.24) is 4.68 Å². The van der Waals surface area contributed by atoms with Gasteiger partial charge in [-0.15, -0.1) is 0 Å². The van der Waals surface area contributed by atoms with Gasteiger partial charge in [-0.2, -0.15) is 14.9 Å². The molecule has 9 rings (SSSR count). The molecule has 0 bridgehead atoms. The molecule has 0 saturated carbocycles. The van der Waals surface area contributed by atoms with Crippen molar-refractivity contribution < 1.29 is 5.01 Å². The molecule has 0 spiro atoms. The molecule has 7 aromatic rings. The van der Waals surface area contributed by atoms with Crippen molar-refractivity contribution in [3.8, 4) is 28.3 Å². The van der Waals surface area contributed by atoms with Crippen molar-refractivity contribution in [2.24, 2.45) is 0 Å². The molecule has 3 unspecified atom stereocenters. The van der Waals surface area contributed by atoms with Gasteiger partial charge in [-0.3, -0.25) is 0 Å². The van der Waals surface area contributed by atoms with E-state index in [1.54, 1.807) is 0 Å². The van der Waals surface area contributed by atoms with Crippen molar-refractivity contribution in [3.63, 3.8) is 0 Å². The first kappa shape index (κ1) is 25.1. The molecule has 208 valence electrons. The summed E-state index contributed by atoms with van der Waals surface area (Å²) in [6, 6.07) is 50.8. The summed E-state index contributed by atoms with van der Waals surface area (Å²) in [5.41, 5.74) is 15.1. The molecule has 0 amide bonds. The van der Waals surface area contributed by atoms with Crippen molar-refractivity contribution >= 4 is 27.5 Å². The summed E-state index contributed by atoms with van der Waals surface area (Å²) in [5.74, 6) is 0.366. The van der Waals surface area contributed by atoms with Crippen LogP contribution >= 0.6 is 0 Å².